The second kappa shape index (κ2) is 9.61. The first kappa shape index (κ1) is 22.3. The maximum absolute atomic E-state index is 12.5. The average Bonchev–Trinajstić information content (AvgIpc) is 3.26. The van der Waals surface area contributed by atoms with Crippen LogP contribution in [0.5, 0.6) is 5.75 Å². The lowest BCUT2D eigenvalue weighted by molar-refractivity contribution is -0.115. The molecule has 7 nitrogen and oxygen atoms in total. The van der Waals surface area contributed by atoms with Gasteiger partial charge in [-0.25, -0.2) is 4.98 Å². The summed E-state index contributed by atoms with van der Waals surface area (Å²) >= 11 is 2.80. The van der Waals surface area contributed by atoms with Gasteiger partial charge in [0.05, 0.1) is 10.9 Å². The maximum atomic E-state index is 12.5. The fraction of sp³-hybridized carbons (Fsp3) is 0.429. The Balaban J connectivity index is 1.69. The van der Waals surface area contributed by atoms with Crippen molar-refractivity contribution in [1.29, 1.82) is 0 Å². The van der Waals surface area contributed by atoms with Crippen LogP contribution in [0, 0.1) is 20.8 Å². The first-order valence-electron chi connectivity index (χ1n) is 9.78. The highest BCUT2D eigenvalue weighted by atomic mass is 32.2. The van der Waals surface area contributed by atoms with Crippen LogP contribution < -0.4 is 10.1 Å². The van der Waals surface area contributed by atoms with Crippen LogP contribution in [0.2, 0.25) is 0 Å². The quantitative estimate of drug-likeness (QED) is 0.495. The zero-order valence-electron chi connectivity index (χ0n) is 18.1. The lowest BCUT2D eigenvalue weighted by Gasteiger charge is -2.16. The summed E-state index contributed by atoms with van der Waals surface area (Å²) in [6.07, 6.45) is 0. The third kappa shape index (κ3) is 5.40. The van der Waals surface area contributed by atoms with Gasteiger partial charge in [-0.3, -0.25) is 4.79 Å². The van der Waals surface area contributed by atoms with Crippen molar-refractivity contribution in [2.24, 2.45) is 0 Å². The van der Waals surface area contributed by atoms with Crippen LogP contribution in [0.15, 0.2) is 28.7 Å². The number of carbonyl (C=O) groups is 1. The zero-order valence-corrected chi connectivity index (χ0v) is 19.7. The molecule has 1 amide bonds. The molecule has 0 aliphatic rings. The van der Waals surface area contributed by atoms with Crippen molar-refractivity contribution in [1.82, 2.24) is 19.7 Å². The van der Waals surface area contributed by atoms with E-state index in [0.717, 1.165) is 22.8 Å². The lowest BCUT2D eigenvalue weighted by atomic mass is 10.1. The summed E-state index contributed by atoms with van der Waals surface area (Å²) in [6.45, 7) is 12.3. The number of nitrogens with zero attached hydrogens (tertiary/aromatic N) is 4. The molecule has 0 bridgehead atoms. The highest BCUT2D eigenvalue weighted by molar-refractivity contribution is 8.00. The van der Waals surface area contributed by atoms with E-state index in [1.165, 1.54) is 28.7 Å². The molecule has 1 aromatic carbocycles. The lowest BCUT2D eigenvalue weighted by Crippen LogP contribution is -2.23. The van der Waals surface area contributed by atoms with Gasteiger partial charge in [-0.1, -0.05) is 29.5 Å². The number of aryl methyl sites for hydroxylation is 3. The molecule has 0 aliphatic carbocycles. The fourth-order valence-electron chi connectivity index (χ4n) is 2.94. The van der Waals surface area contributed by atoms with Crippen LogP contribution in [0.4, 0.5) is 5.13 Å². The summed E-state index contributed by atoms with van der Waals surface area (Å²) in [4.78, 5) is 16.8. The summed E-state index contributed by atoms with van der Waals surface area (Å²) in [5, 5.41) is 14.4. The highest BCUT2D eigenvalue weighted by Crippen LogP contribution is 2.28. The smallest absolute Gasteiger partial charge is 0.239 e. The number of aromatic nitrogens is 4. The number of hydrogen-bond acceptors (Lipinski definition) is 7. The SMILES string of the molecule is Cc1ccc(OCc2nnc(SC(C)C(=O)Nc3nc(C)cs3)n2C(C)C)c(C)c1. The first-order chi connectivity index (χ1) is 14.2. The van der Waals surface area contributed by atoms with Crippen molar-refractivity contribution in [3.05, 3.63) is 46.2 Å². The minimum Gasteiger partial charge on any atom is -0.485 e. The van der Waals surface area contributed by atoms with Crippen LogP contribution in [0.1, 0.15) is 49.5 Å². The number of hydrogen-bond donors (Lipinski definition) is 1. The number of thioether (sulfide) groups is 1. The Morgan fingerprint density at radius 2 is 2.00 bits per heavy atom. The topological polar surface area (TPSA) is 81.9 Å². The number of nitrogens with one attached hydrogen (secondary N) is 1. The molecule has 160 valence electrons. The number of carbonyl (C=O) groups excluding carboxylic acids is 1. The van der Waals surface area contributed by atoms with Crippen molar-refractivity contribution in [3.63, 3.8) is 0 Å². The van der Waals surface area contributed by atoms with Gasteiger partial charge < -0.3 is 14.6 Å². The van der Waals surface area contributed by atoms with Gasteiger partial charge in [-0.15, -0.1) is 21.5 Å². The van der Waals surface area contributed by atoms with Gasteiger partial charge >= 0.3 is 0 Å². The predicted octanol–water partition coefficient (Wildman–Crippen LogP) is 4.94. The Kier molecular flexibility index (Phi) is 7.14. The summed E-state index contributed by atoms with van der Waals surface area (Å²) in [5.41, 5.74) is 3.18. The molecular weight excluding hydrogens is 418 g/mol. The van der Waals surface area contributed by atoms with Gasteiger partial charge in [0.15, 0.2) is 16.1 Å². The predicted molar refractivity (Wildman–Crippen MR) is 121 cm³/mol. The minimum absolute atomic E-state index is 0.110. The molecular formula is C21H27N5O2S2. The van der Waals surface area contributed by atoms with E-state index in [4.69, 9.17) is 4.74 Å². The molecule has 1 unspecified atom stereocenters. The molecule has 0 saturated heterocycles. The van der Waals surface area contributed by atoms with E-state index >= 15 is 0 Å². The van der Waals surface area contributed by atoms with E-state index in [1.54, 1.807) is 0 Å². The molecule has 1 atom stereocenters. The van der Waals surface area contributed by atoms with E-state index in [0.29, 0.717) is 16.9 Å². The van der Waals surface area contributed by atoms with Crippen LogP contribution in [0.25, 0.3) is 0 Å². The number of rotatable bonds is 8. The average molecular weight is 446 g/mol. The Labute approximate surface area is 185 Å². The van der Waals surface area contributed by atoms with E-state index < -0.39 is 0 Å². The van der Waals surface area contributed by atoms with Gasteiger partial charge in [0.1, 0.15) is 12.4 Å². The molecule has 2 aromatic heterocycles. The number of thiazole rings is 1. The molecule has 3 rings (SSSR count). The van der Waals surface area contributed by atoms with Gasteiger partial charge in [0.2, 0.25) is 5.91 Å². The van der Waals surface area contributed by atoms with Crippen molar-refractivity contribution in [3.8, 4) is 5.75 Å². The van der Waals surface area contributed by atoms with E-state index in [2.05, 4.69) is 47.3 Å². The number of amides is 1. The summed E-state index contributed by atoms with van der Waals surface area (Å²) in [5.74, 6) is 1.45. The summed E-state index contributed by atoms with van der Waals surface area (Å²) < 4.78 is 8.02. The van der Waals surface area contributed by atoms with Crippen LogP contribution in [-0.2, 0) is 11.4 Å². The summed E-state index contributed by atoms with van der Waals surface area (Å²) in [6, 6.07) is 6.23. The largest absolute Gasteiger partial charge is 0.485 e. The van der Waals surface area contributed by atoms with Gasteiger partial charge in [0.25, 0.3) is 0 Å². The number of ether oxygens (including phenoxy) is 1. The Hall–Kier alpha value is -2.39. The van der Waals surface area contributed by atoms with Crippen LogP contribution >= 0.6 is 23.1 Å². The molecule has 1 N–H and O–H groups in total. The Morgan fingerprint density at radius 3 is 2.63 bits per heavy atom. The van der Waals surface area contributed by atoms with Crippen molar-refractivity contribution in [2.45, 2.75) is 64.6 Å². The van der Waals surface area contributed by atoms with E-state index in [9.17, 15) is 4.79 Å². The molecule has 0 spiro atoms. The minimum atomic E-state index is -0.344. The Morgan fingerprint density at radius 1 is 1.23 bits per heavy atom. The molecule has 9 heteroatoms. The molecule has 30 heavy (non-hydrogen) atoms. The monoisotopic (exact) mass is 445 g/mol. The third-order valence-electron chi connectivity index (χ3n) is 4.44. The second-order valence-electron chi connectivity index (χ2n) is 7.46. The Bertz CT molecular complexity index is 1030. The molecule has 2 heterocycles. The van der Waals surface area contributed by atoms with E-state index in [1.807, 2.05) is 42.9 Å². The van der Waals surface area contributed by atoms with E-state index in [-0.39, 0.29) is 17.2 Å². The van der Waals surface area contributed by atoms with Crippen LogP contribution in [0.3, 0.4) is 0 Å². The first-order valence-corrected chi connectivity index (χ1v) is 11.5. The molecule has 0 radical (unpaired) electrons. The molecule has 0 fully saturated rings. The van der Waals surface area contributed by atoms with Gasteiger partial charge in [-0.05, 0) is 53.2 Å². The van der Waals surface area contributed by atoms with Gasteiger partial charge in [0, 0.05) is 11.4 Å². The normalized spacial score (nSPS) is 12.2. The van der Waals surface area contributed by atoms with Crippen molar-refractivity contribution >= 4 is 34.1 Å². The second-order valence-corrected chi connectivity index (χ2v) is 9.63. The fourth-order valence-corrected chi connectivity index (χ4v) is 4.63. The van der Waals surface area contributed by atoms with Gasteiger partial charge in [-0.2, -0.15) is 0 Å². The van der Waals surface area contributed by atoms with Crippen LogP contribution in [-0.4, -0.2) is 30.9 Å². The standard InChI is InChI=1S/C21H27N5O2S2/c1-12(2)26-18(10-28-17-8-7-13(3)9-14(17)4)24-25-21(26)30-16(6)19(27)23-20-22-15(5)11-29-20/h7-9,11-12,16H,10H2,1-6H3,(H,22,23,27). The molecule has 0 aliphatic heterocycles. The molecule has 0 saturated carbocycles. The third-order valence-corrected chi connectivity index (χ3v) is 6.37. The number of anilines is 1. The highest BCUT2D eigenvalue weighted by Gasteiger charge is 2.22. The maximum Gasteiger partial charge on any atom is 0.239 e. The molecule has 3 aromatic rings. The van der Waals surface area contributed by atoms with Crippen molar-refractivity contribution < 1.29 is 9.53 Å². The van der Waals surface area contributed by atoms with Crippen molar-refractivity contribution in [2.75, 3.05) is 5.32 Å². The number of benzene rings is 1. The summed E-state index contributed by atoms with van der Waals surface area (Å²) in [7, 11) is 0. The zero-order chi connectivity index (χ0) is 21.8.